The molecular formula is C12H13ClO2S. The van der Waals surface area contributed by atoms with Crippen LogP contribution in [-0.4, -0.2) is 23.9 Å². The molecule has 86 valence electrons. The molecule has 1 aromatic rings. The van der Waals surface area contributed by atoms with E-state index < -0.39 is 0 Å². The number of halogens is 1. The van der Waals surface area contributed by atoms with Gasteiger partial charge < -0.3 is 4.74 Å². The molecule has 2 nitrogen and oxygen atoms in total. The molecule has 1 atom stereocenters. The summed E-state index contributed by atoms with van der Waals surface area (Å²) in [5.74, 6) is 1.81. The molecule has 1 fully saturated rings. The summed E-state index contributed by atoms with van der Waals surface area (Å²) in [4.78, 5) is 12.2. The van der Waals surface area contributed by atoms with Crippen molar-refractivity contribution in [2.24, 2.45) is 0 Å². The quantitative estimate of drug-likeness (QED) is 0.775. The largest absolute Gasteiger partial charge is 0.496 e. The van der Waals surface area contributed by atoms with Gasteiger partial charge in [-0.05, 0) is 36.8 Å². The average Bonchev–Trinajstić information content (AvgIpc) is 2.81. The maximum atomic E-state index is 12.2. The summed E-state index contributed by atoms with van der Waals surface area (Å²) >= 11 is 7.59. The number of methoxy groups -OCH3 is 1. The molecule has 16 heavy (non-hydrogen) atoms. The van der Waals surface area contributed by atoms with E-state index in [1.807, 2.05) is 0 Å². The maximum absolute atomic E-state index is 12.2. The van der Waals surface area contributed by atoms with E-state index in [0.29, 0.717) is 16.3 Å². The van der Waals surface area contributed by atoms with Gasteiger partial charge in [-0.3, -0.25) is 4.79 Å². The third-order valence-electron chi connectivity index (χ3n) is 2.65. The number of hydrogen-bond acceptors (Lipinski definition) is 3. The fourth-order valence-electron chi connectivity index (χ4n) is 1.83. The SMILES string of the molecule is COc1cc(Cl)ccc1C(=O)C1CCCS1. The van der Waals surface area contributed by atoms with Crippen LogP contribution in [0, 0.1) is 0 Å². The van der Waals surface area contributed by atoms with Crippen molar-refractivity contribution in [2.45, 2.75) is 18.1 Å². The topological polar surface area (TPSA) is 26.3 Å². The van der Waals surface area contributed by atoms with E-state index in [4.69, 9.17) is 16.3 Å². The number of benzene rings is 1. The number of ether oxygens (including phenoxy) is 1. The zero-order valence-corrected chi connectivity index (χ0v) is 10.6. The standard InChI is InChI=1S/C12H13ClO2S/c1-15-10-7-8(13)4-5-9(10)12(14)11-3-2-6-16-11/h4-5,7,11H,2-3,6H2,1H3. The first-order valence-electron chi connectivity index (χ1n) is 5.21. The van der Waals surface area contributed by atoms with Gasteiger partial charge in [-0.2, -0.15) is 11.8 Å². The first kappa shape index (κ1) is 11.8. The second-order valence-electron chi connectivity index (χ2n) is 3.71. The van der Waals surface area contributed by atoms with Crippen LogP contribution in [0.2, 0.25) is 5.02 Å². The molecule has 0 amide bonds. The summed E-state index contributed by atoms with van der Waals surface area (Å²) in [6.07, 6.45) is 2.09. The van der Waals surface area contributed by atoms with Crippen LogP contribution in [0.15, 0.2) is 18.2 Å². The number of thioether (sulfide) groups is 1. The summed E-state index contributed by atoms with van der Waals surface area (Å²) in [5.41, 5.74) is 0.645. The van der Waals surface area contributed by atoms with Crippen molar-refractivity contribution < 1.29 is 9.53 Å². The highest BCUT2D eigenvalue weighted by atomic mass is 35.5. The van der Waals surface area contributed by atoms with Gasteiger partial charge in [0.15, 0.2) is 5.78 Å². The Balaban J connectivity index is 2.28. The lowest BCUT2D eigenvalue weighted by molar-refractivity contribution is 0.0985. The highest BCUT2D eigenvalue weighted by molar-refractivity contribution is 8.00. The van der Waals surface area contributed by atoms with Crippen LogP contribution in [-0.2, 0) is 0 Å². The summed E-state index contributed by atoms with van der Waals surface area (Å²) in [6, 6.07) is 5.17. The van der Waals surface area contributed by atoms with Crippen molar-refractivity contribution in [1.29, 1.82) is 0 Å². The summed E-state index contributed by atoms with van der Waals surface area (Å²) < 4.78 is 5.19. The van der Waals surface area contributed by atoms with Gasteiger partial charge in [0.05, 0.1) is 17.9 Å². The minimum atomic E-state index is 0.0927. The van der Waals surface area contributed by atoms with Crippen molar-refractivity contribution in [1.82, 2.24) is 0 Å². The molecule has 0 aliphatic carbocycles. The summed E-state index contributed by atoms with van der Waals surface area (Å²) in [7, 11) is 1.56. The minimum Gasteiger partial charge on any atom is -0.496 e. The fraction of sp³-hybridized carbons (Fsp3) is 0.417. The van der Waals surface area contributed by atoms with Crippen molar-refractivity contribution >= 4 is 29.1 Å². The average molecular weight is 257 g/mol. The highest BCUT2D eigenvalue weighted by Gasteiger charge is 2.26. The van der Waals surface area contributed by atoms with Gasteiger partial charge >= 0.3 is 0 Å². The predicted octanol–water partition coefficient (Wildman–Crippen LogP) is 3.43. The Morgan fingerprint density at radius 2 is 2.38 bits per heavy atom. The molecule has 1 aromatic carbocycles. The minimum absolute atomic E-state index is 0.0927. The van der Waals surface area contributed by atoms with E-state index in [-0.39, 0.29) is 11.0 Å². The molecule has 2 rings (SSSR count). The van der Waals surface area contributed by atoms with E-state index >= 15 is 0 Å². The second-order valence-corrected chi connectivity index (χ2v) is 5.46. The number of carbonyl (C=O) groups excluding carboxylic acids is 1. The maximum Gasteiger partial charge on any atom is 0.179 e. The van der Waals surface area contributed by atoms with Crippen molar-refractivity contribution in [3.05, 3.63) is 28.8 Å². The molecule has 1 unspecified atom stereocenters. The molecule has 1 saturated heterocycles. The number of carbonyl (C=O) groups is 1. The Hall–Kier alpha value is -0.670. The molecule has 0 aromatic heterocycles. The number of hydrogen-bond donors (Lipinski definition) is 0. The lowest BCUT2D eigenvalue weighted by Gasteiger charge is -2.11. The van der Waals surface area contributed by atoms with E-state index in [9.17, 15) is 4.79 Å². The van der Waals surface area contributed by atoms with E-state index in [0.717, 1.165) is 18.6 Å². The van der Waals surface area contributed by atoms with Crippen LogP contribution in [0.25, 0.3) is 0 Å². The Bertz CT molecular complexity index is 400. The molecule has 0 spiro atoms. The van der Waals surface area contributed by atoms with Crippen molar-refractivity contribution in [2.75, 3.05) is 12.9 Å². The Kier molecular flexibility index (Phi) is 3.77. The lowest BCUT2D eigenvalue weighted by Crippen LogP contribution is -2.15. The molecule has 0 bridgehead atoms. The number of Topliss-reactive ketones (excluding diaryl/α,β-unsaturated/α-hetero) is 1. The van der Waals surface area contributed by atoms with Crippen LogP contribution in [0.4, 0.5) is 0 Å². The van der Waals surface area contributed by atoms with Crippen LogP contribution >= 0.6 is 23.4 Å². The predicted molar refractivity (Wildman–Crippen MR) is 67.8 cm³/mol. The Morgan fingerprint density at radius 3 is 3.00 bits per heavy atom. The smallest absolute Gasteiger partial charge is 0.179 e. The van der Waals surface area contributed by atoms with Crippen LogP contribution in [0.3, 0.4) is 0 Å². The Labute approximate surface area is 104 Å². The van der Waals surface area contributed by atoms with Crippen LogP contribution < -0.4 is 4.74 Å². The van der Waals surface area contributed by atoms with Gasteiger partial charge in [-0.15, -0.1) is 0 Å². The highest BCUT2D eigenvalue weighted by Crippen LogP contribution is 2.32. The number of rotatable bonds is 3. The van der Waals surface area contributed by atoms with E-state index in [1.54, 1.807) is 37.1 Å². The molecule has 1 aliphatic rings. The van der Waals surface area contributed by atoms with Crippen LogP contribution in [0.1, 0.15) is 23.2 Å². The van der Waals surface area contributed by atoms with E-state index in [2.05, 4.69) is 0 Å². The molecule has 0 radical (unpaired) electrons. The van der Waals surface area contributed by atoms with Gasteiger partial charge in [-0.25, -0.2) is 0 Å². The molecule has 1 heterocycles. The van der Waals surface area contributed by atoms with Crippen LogP contribution in [0.5, 0.6) is 5.75 Å². The molecule has 0 N–H and O–H groups in total. The van der Waals surface area contributed by atoms with E-state index in [1.165, 1.54) is 0 Å². The first-order valence-corrected chi connectivity index (χ1v) is 6.64. The third-order valence-corrected chi connectivity index (χ3v) is 4.26. The molecular weight excluding hydrogens is 244 g/mol. The molecule has 1 aliphatic heterocycles. The van der Waals surface area contributed by atoms with Gasteiger partial charge in [0.1, 0.15) is 5.75 Å². The first-order chi connectivity index (χ1) is 7.72. The Morgan fingerprint density at radius 1 is 1.56 bits per heavy atom. The third kappa shape index (κ3) is 2.36. The zero-order valence-electron chi connectivity index (χ0n) is 9.03. The van der Waals surface area contributed by atoms with Gasteiger partial charge in [0.2, 0.25) is 0 Å². The van der Waals surface area contributed by atoms with Gasteiger partial charge in [-0.1, -0.05) is 11.6 Å². The lowest BCUT2D eigenvalue weighted by atomic mass is 10.0. The normalized spacial score (nSPS) is 19.8. The monoisotopic (exact) mass is 256 g/mol. The van der Waals surface area contributed by atoms with Crippen molar-refractivity contribution in [3.63, 3.8) is 0 Å². The summed E-state index contributed by atoms with van der Waals surface area (Å²) in [5, 5.41) is 0.683. The fourth-order valence-corrected chi connectivity index (χ4v) is 3.22. The molecule has 0 saturated carbocycles. The number of ketones is 1. The second kappa shape index (κ2) is 5.11. The molecule has 4 heteroatoms. The zero-order chi connectivity index (χ0) is 11.5. The van der Waals surface area contributed by atoms with Crippen molar-refractivity contribution in [3.8, 4) is 5.75 Å². The van der Waals surface area contributed by atoms with Gasteiger partial charge in [0.25, 0.3) is 0 Å². The van der Waals surface area contributed by atoms with Gasteiger partial charge in [0, 0.05) is 5.02 Å². The summed E-state index contributed by atoms with van der Waals surface area (Å²) in [6.45, 7) is 0.